The molecule has 0 saturated heterocycles. The molecule has 0 radical (unpaired) electrons. The van der Waals surface area contributed by atoms with E-state index < -0.39 is 0 Å². The predicted octanol–water partition coefficient (Wildman–Crippen LogP) is 1.29. The molecule has 0 saturated carbocycles. The number of anilines is 1. The second-order valence-electron chi connectivity index (χ2n) is 4.23. The van der Waals surface area contributed by atoms with Gasteiger partial charge in [0.1, 0.15) is 6.73 Å². The maximum absolute atomic E-state index is 11.8. The number of hydrogen-bond donors (Lipinski definition) is 1. The second kappa shape index (κ2) is 5.29. The Morgan fingerprint density at radius 1 is 1.41 bits per heavy atom. The highest BCUT2D eigenvalue weighted by atomic mass is 16.5. The molecule has 17 heavy (non-hydrogen) atoms. The number of amides is 1. The van der Waals surface area contributed by atoms with E-state index in [1.807, 2.05) is 13.1 Å². The highest BCUT2D eigenvalue weighted by Crippen LogP contribution is 2.28. The lowest BCUT2D eigenvalue weighted by atomic mass is 9.99. The molecule has 1 heterocycles. The molecular weight excluding hydrogens is 216 g/mol. The molecule has 4 nitrogen and oxygen atoms in total. The summed E-state index contributed by atoms with van der Waals surface area (Å²) in [5.41, 5.74) is 3.47. The summed E-state index contributed by atoms with van der Waals surface area (Å²) >= 11 is 0. The van der Waals surface area contributed by atoms with Crippen molar-refractivity contribution in [3.8, 4) is 0 Å². The van der Waals surface area contributed by atoms with E-state index in [1.165, 1.54) is 11.1 Å². The number of fused-ring (bicyclic) bond motifs is 1. The van der Waals surface area contributed by atoms with Crippen LogP contribution in [0, 0.1) is 0 Å². The molecule has 0 atom stereocenters. The molecule has 0 aromatic heterocycles. The minimum Gasteiger partial charge on any atom is -0.364 e. The summed E-state index contributed by atoms with van der Waals surface area (Å²) in [6.45, 7) is 1.18. The first-order chi connectivity index (χ1) is 8.26. The van der Waals surface area contributed by atoms with Gasteiger partial charge in [0.2, 0.25) is 5.91 Å². The first-order valence-corrected chi connectivity index (χ1v) is 5.82. The van der Waals surface area contributed by atoms with Crippen molar-refractivity contribution in [2.75, 3.05) is 25.8 Å². The van der Waals surface area contributed by atoms with Crippen LogP contribution < -0.4 is 10.2 Å². The van der Waals surface area contributed by atoms with Gasteiger partial charge in [-0.1, -0.05) is 12.1 Å². The van der Waals surface area contributed by atoms with Crippen molar-refractivity contribution in [1.82, 2.24) is 5.32 Å². The summed E-state index contributed by atoms with van der Waals surface area (Å²) in [4.78, 5) is 13.5. The van der Waals surface area contributed by atoms with Crippen LogP contribution in [-0.2, 0) is 22.5 Å². The third-order valence-electron chi connectivity index (χ3n) is 2.98. The molecule has 4 heteroatoms. The molecule has 92 valence electrons. The van der Waals surface area contributed by atoms with Gasteiger partial charge >= 0.3 is 0 Å². The van der Waals surface area contributed by atoms with Crippen molar-refractivity contribution in [1.29, 1.82) is 0 Å². The number of methoxy groups -OCH3 is 1. The molecule has 0 aliphatic carbocycles. The lowest BCUT2D eigenvalue weighted by Crippen LogP contribution is -2.36. The van der Waals surface area contributed by atoms with E-state index in [-0.39, 0.29) is 5.91 Å². The third kappa shape index (κ3) is 2.48. The summed E-state index contributed by atoms with van der Waals surface area (Å²) in [5, 5.41) is 3.13. The minimum atomic E-state index is 0.140. The van der Waals surface area contributed by atoms with Crippen molar-refractivity contribution < 1.29 is 9.53 Å². The van der Waals surface area contributed by atoms with Crippen LogP contribution in [0.15, 0.2) is 18.2 Å². The molecule has 1 aliphatic heterocycles. The molecule has 1 aliphatic rings. The van der Waals surface area contributed by atoms with Gasteiger partial charge < -0.3 is 10.1 Å². The molecule has 0 unspecified atom stereocenters. The Labute approximate surface area is 102 Å². The molecule has 1 amide bonds. The van der Waals surface area contributed by atoms with E-state index >= 15 is 0 Å². The Morgan fingerprint density at radius 3 is 2.94 bits per heavy atom. The van der Waals surface area contributed by atoms with Crippen molar-refractivity contribution in [2.45, 2.75) is 19.4 Å². The van der Waals surface area contributed by atoms with Crippen LogP contribution in [0.3, 0.4) is 0 Å². The fourth-order valence-corrected chi connectivity index (χ4v) is 2.20. The van der Waals surface area contributed by atoms with Crippen LogP contribution in [0.5, 0.6) is 0 Å². The van der Waals surface area contributed by atoms with Crippen LogP contribution in [0.4, 0.5) is 5.69 Å². The van der Waals surface area contributed by atoms with E-state index in [0.29, 0.717) is 13.2 Å². The second-order valence-corrected chi connectivity index (χ2v) is 4.23. The zero-order valence-corrected chi connectivity index (χ0v) is 10.3. The summed E-state index contributed by atoms with van der Waals surface area (Å²) in [6, 6.07) is 6.23. The van der Waals surface area contributed by atoms with Crippen LogP contribution in [0.1, 0.15) is 17.5 Å². The van der Waals surface area contributed by atoms with Gasteiger partial charge in [-0.2, -0.15) is 0 Å². The number of hydrogen-bond acceptors (Lipinski definition) is 3. The summed E-state index contributed by atoms with van der Waals surface area (Å²) in [7, 11) is 3.54. The number of carbonyl (C=O) groups is 1. The Morgan fingerprint density at radius 2 is 2.24 bits per heavy atom. The smallest absolute Gasteiger partial charge is 0.229 e. The van der Waals surface area contributed by atoms with Gasteiger partial charge in [-0.3, -0.25) is 9.69 Å². The van der Waals surface area contributed by atoms with Crippen LogP contribution in [-0.4, -0.2) is 26.8 Å². The Kier molecular flexibility index (Phi) is 3.76. The van der Waals surface area contributed by atoms with E-state index in [2.05, 4.69) is 17.4 Å². The third-order valence-corrected chi connectivity index (χ3v) is 2.98. The zero-order valence-electron chi connectivity index (χ0n) is 10.3. The molecule has 0 spiro atoms. The lowest BCUT2D eigenvalue weighted by Gasteiger charge is -2.29. The Bertz CT molecular complexity index is 418. The standard InChI is InChI=1S/C13H18N2O2/c1-14-8-10-3-5-12-11(7-10)4-6-13(16)15(12)9-17-2/h3,5,7,14H,4,6,8-9H2,1-2H3. The first kappa shape index (κ1) is 12.1. The highest BCUT2D eigenvalue weighted by Gasteiger charge is 2.23. The minimum absolute atomic E-state index is 0.140. The molecular formula is C13H18N2O2. The monoisotopic (exact) mass is 234 g/mol. The number of ether oxygens (including phenoxy) is 1. The zero-order chi connectivity index (χ0) is 12.3. The quantitative estimate of drug-likeness (QED) is 0.853. The van der Waals surface area contributed by atoms with Gasteiger partial charge in [0, 0.05) is 25.8 Å². The molecule has 0 bridgehead atoms. The highest BCUT2D eigenvalue weighted by molar-refractivity contribution is 5.96. The molecule has 1 N–H and O–H groups in total. The Hall–Kier alpha value is -1.39. The number of rotatable bonds is 4. The first-order valence-electron chi connectivity index (χ1n) is 5.82. The fourth-order valence-electron chi connectivity index (χ4n) is 2.20. The van der Waals surface area contributed by atoms with Crippen LogP contribution in [0.25, 0.3) is 0 Å². The maximum Gasteiger partial charge on any atom is 0.229 e. The van der Waals surface area contributed by atoms with Gasteiger partial charge in [-0.15, -0.1) is 0 Å². The Balaban J connectivity index is 2.30. The lowest BCUT2D eigenvalue weighted by molar-refractivity contribution is -0.119. The van der Waals surface area contributed by atoms with E-state index in [9.17, 15) is 4.79 Å². The predicted molar refractivity (Wildman–Crippen MR) is 66.9 cm³/mol. The average molecular weight is 234 g/mol. The van der Waals surface area contributed by atoms with Gasteiger partial charge in [-0.25, -0.2) is 0 Å². The summed E-state index contributed by atoms with van der Waals surface area (Å²) in [5.74, 6) is 0.140. The summed E-state index contributed by atoms with van der Waals surface area (Å²) in [6.07, 6.45) is 1.39. The van der Waals surface area contributed by atoms with Crippen molar-refractivity contribution >= 4 is 11.6 Å². The molecule has 0 fully saturated rings. The largest absolute Gasteiger partial charge is 0.364 e. The van der Waals surface area contributed by atoms with Crippen LogP contribution >= 0.6 is 0 Å². The van der Waals surface area contributed by atoms with E-state index in [0.717, 1.165) is 18.7 Å². The fraction of sp³-hybridized carbons (Fsp3) is 0.462. The van der Waals surface area contributed by atoms with Gasteiger partial charge in [0.15, 0.2) is 0 Å². The van der Waals surface area contributed by atoms with Crippen molar-refractivity contribution in [3.63, 3.8) is 0 Å². The number of nitrogens with one attached hydrogen (secondary N) is 1. The normalized spacial score (nSPS) is 14.9. The van der Waals surface area contributed by atoms with Gasteiger partial charge in [0.05, 0.1) is 0 Å². The molecule has 1 aromatic carbocycles. The molecule has 2 rings (SSSR count). The van der Waals surface area contributed by atoms with E-state index in [1.54, 1.807) is 12.0 Å². The van der Waals surface area contributed by atoms with E-state index in [4.69, 9.17) is 4.74 Å². The average Bonchev–Trinajstić information content (AvgIpc) is 2.33. The summed E-state index contributed by atoms with van der Waals surface area (Å²) < 4.78 is 5.08. The van der Waals surface area contributed by atoms with Crippen molar-refractivity contribution in [3.05, 3.63) is 29.3 Å². The van der Waals surface area contributed by atoms with Crippen molar-refractivity contribution in [2.24, 2.45) is 0 Å². The topological polar surface area (TPSA) is 41.6 Å². The number of benzene rings is 1. The maximum atomic E-state index is 11.8. The SMILES string of the molecule is CNCc1ccc2c(c1)CCC(=O)N2COC. The number of aryl methyl sites for hydroxylation is 1. The van der Waals surface area contributed by atoms with Gasteiger partial charge in [-0.05, 0) is 30.7 Å². The van der Waals surface area contributed by atoms with Crippen LogP contribution in [0.2, 0.25) is 0 Å². The molecule has 1 aromatic rings. The number of carbonyl (C=O) groups excluding carboxylic acids is 1. The number of nitrogens with zero attached hydrogens (tertiary/aromatic N) is 1. The van der Waals surface area contributed by atoms with Gasteiger partial charge in [0.25, 0.3) is 0 Å².